The van der Waals surface area contributed by atoms with E-state index in [4.69, 9.17) is 0 Å². The first-order valence-electron chi connectivity index (χ1n) is 27.7. The van der Waals surface area contributed by atoms with E-state index >= 15 is 0 Å². The molecule has 0 saturated heterocycles. The predicted octanol–water partition coefficient (Wildman–Crippen LogP) is 20.1. The van der Waals surface area contributed by atoms with Crippen LogP contribution >= 0.6 is 0 Å². The van der Waals surface area contributed by atoms with Crippen LogP contribution in [-0.4, -0.2) is 0 Å². The van der Waals surface area contributed by atoms with Crippen LogP contribution in [0.3, 0.4) is 0 Å². The molecular weight excluding hydrogens is 913 g/mol. The van der Waals surface area contributed by atoms with Gasteiger partial charge in [0, 0.05) is 0 Å². The van der Waals surface area contributed by atoms with Gasteiger partial charge in [-0.25, -0.2) is 0 Å². The van der Waals surface area contributed by atoms with Gasteiger partial charge < -0.3 is 0 Å². The van der Waals surface area contributed by atoms with Gasteiger partial charge in [0.25, 0.3) is 0 Å². The minimum absolute atomic E-state index is 0.0278. The molecule has 0 heterocycles. The van der Waals surface area contributed by atoms with E-state index < -0.39 is 10.8 Å². The lowest BCUT2D eigenvalue weighted by Crippen LogP contribution is -2.36. The number of hydrogen-bond donors (Lipinski definition) is 0. The molecule has 12 rings (SSSR count). The second-order valence-corrected chi connectivity index (χ2v) is 26.1. The second-order valence-electron chi connectivity index (χ2n) is 26.1. The van der Waals surface area contributed by atoms with E-state index in [9.17, 15) is 0 Å². The standard InChI is InChI=1S/C76H72/c1-71(2,3)52-28-36-56(37-29-52)75(57-38-30-53(31-39-57)72(4,5)6)66-47-51(49-21-15-13-16-22-49)27-44-61(66)63-45-46-64-68-62-26-20-19-25-60(62)65(50-23-17-14-18-24-50)48-67(68)76(70(64)69(63)75,58-40-32-54(33-41-58)73(7,8)9)59-42-34-55(35-43-59)74(10,11)12/h13-48H,1-12H3. The number of rotatable bonds is 6. The van der Waals surface area contributed by atoms with E-state index in [-0.39, 0.29) is 21.7 Å². The van der Waals surface area contributed by atoms with Gasteiger partial charge in [-0.3, -0.25) is 0 Å². The monoisotopic (exact) mass is 985 g/mol. The van der Waals surface area contributed by atoms with Gasteiger partial charge >= 0.3 is 0 Å². The van der Waals surface area contributed by atoms with Crippen LogP contribution in [0.5, 0.6) is 0 Å². The predicted molar refractivity (Wildman–Crippen MR) is 324 cm³/mol. The summed E-state index contributed by atoms with van der Waals surface area (Å²) in [6, 6.07) is 85.5. The maximum absolute atomic E-state index is 2.60. The highest BCUT2D eigenvalue weighted by Gasteiger charge is 2.56. The summed E-state index contributed by atoms with van der Waals surface area (Å²) in [7, 11) is 0. The third-order valence-corrected chi connectivity index (χ3v) is 17.3. The topological polar surface area (TPSA) is 0 Å². The fraction of sp³-hybridized carbons (Fsp3) is 0.237. The Morgan fingerprint density at radius 1 is 0.250 bits per heavy atom. The molecule has 0 bridgehead atoms. The number of fused-ring (bicyclic) bond motifs is 9. The quantitative estimate of drug-likeness (QED) is 0.156. The molecule has 0 aromatic heterocycles. The van der Waals surface area contributed by atoms with Crippen molar-refractivity contribution >= 4 is 10.8 Å². The van der Waals surface area contributed by atoms with Crippen LogP contribution in [0, 0.1) is 0 Å². The smallest absolute Gasteiger partial charge is 0.0622 e. The lowest BCUT2D eigenvalue weighted by molar-refractivity contribution is 0.587. The summed E-state index contributed by atoms with van der Waals surface area (Å²) in [5.74, 6) is 0. The van der Waals surface area contributed by atoms with Gasteiger partial charge in [0.05, 0.1) is 10.8 Å². The molecule has 0 fully saturated rings. The maximum atomic E-state index is 2.60. The first kappa shape index (κ1) is 49.3. The molecule has 0 saturated carbocycles. The van der Waals surface area contributed by atoms with Gasteiger partial charge in [0.15, 0.2) is 0 Å². The van der Waals surface area contributed by atoms with Gasteiger partial charge in [-0.1, -0.05) is 289 Å². The minimum atomic E-state index is -0.775. The van der Waals surface area contributed by atoms with Crippen LogP contribution in [0.1, 0.15) is 150 Å². The van der Waals surface area contributed by atoms with E-state index in [0.717, 1.165) is 0 Å². The van der Waals surface area contributed by atoms with Crippen molar-refractivity contribution in [2.24, 2.45) is 0 Å². The summed E-state index contributed by atoms with van der Waals surface area (Å²) < 4.78 is 0. The Balaban J connectivity index is 1.33. The van der Waals surface area contributed by atoms with Crippen molar-refractivity contribution in [1.82, 2.24) is 0 Å². The van der Waals surface area contributed by atoms with E-state index in [1.165, 1.54) is 122 Å². The highest BCUT2D eigenvalue weighted by Crippen LogP contribution is 2.67. The van der Waals surface area contributed by atoms with Gasteiger partial charge in [-0.15, -0.1) is 0 Å². The van der Waals surface area contributed by atoms with Gasteiger partial charge in [0.1, 0.15) is 0 Å². The van der Waals surface area contributed by atoms with E-state index in [1.807, 2.05) is 0 Å². The molecule has 376 valence electrons. The molecule has 0 unspecified atom stereocenters. The molecule has 2 aliphatic rings. The molecule has 0 nitrogen and oxygen atoms in total. The fourth-order valence-electron chi connectivity index (χ4n) is 13.2. The highest BCUT2D eigenvalue weighted by molar-refractivity contribution is 6.11. The summed E-state index contributed by atoms with van der Waals surface area (Å²) >= 11 is 0. The molecule has 0 aliphatic heterocycles. The first-order chi connectivity index (χ1) is 36.2. The summed E-state index contributed by atoms with van der Waals surface area (Å²) in [5.41, 5.74) is 24.2. The fourth-order valence-corrected chi connectivity index (χ4v) is 13.2. The molecule has 0 atom stereocenters. The van der Waals surface area contributed by atoms with Crippen molar-refractivity contribution in [3.8, 4) is 44.5 Å². The molecular formula is C76H72. The van der Waals surface area contributed by atoms with Crippen molar-refractivity contribution in [2.75, 3.05) is 0 Å². The summed E-state index contributed by atoms with van der Waals surface area (Å²) in [5, 5.41) is 2.54. The molecule has 10 aromatic carbocycles. The van der Waals surface area contributed by atoms with Gasteiger partial charge in [-0.05, 0) is 156 Å². The van der Waals surface area contributed by atoms with Crippen LogP contribution in [0.15, 0.2) is 218 Å². The van der Waals surface area contributed by atoms with Crippen molar-refractivity contribution in [3.63, 3.8) is 0 Å². The third-order valence-electron chi connectivity index (χ3n) is 17.3. The van der Waals surface area contributed by atoms with E-state index in [2.05, 4.69) is 301 Å². The lowest BCUT2D eigenvalue weighted by atomic mass is 9.59. The number of hydrogen-bond acceptors (Lipinski definition) is 0. The van der Waals surface area contributed by atoms with Crippen molar-refractivity contribution in [2.45, 2.75) is 116 Å². The Kier molecular flexibility index (Phi) is 11.4. The van der Waals surface area contributed by atoms with Crippen molar-refractivity contribution < 1.29 is 0 Å². The molecule has 0 heteroatoms. The van der Waals surface area contributed by atoms with Crippen LogP contribution in [0.4, 0.5) is 0 Å². The highest BCUT2D eigenvalue weighted by atomic mass is 14.6. The molecule has 76 heavy (non-hydrogen) atoms. The molecule has 10 aromatic rings. The third kappa shape index (κ3) is 7.61. The molecule has 0 radical (unpaired) electrons. The lowest BCUT2D eigenvalue weighted by Gasteiger charge is -2.41. The normalized spacial score (nSPS) is 14.5. The van der Waals surface area contributed by atoms with Crippen LogP contribution in [-0.2, 0) is 32.5 Å². The Labute approximate surface area is 453 Å². The van der Waals surface area contributed by atoms with Crippen LogP contribution in [0.2, 0.25) is 0 Å². The summed E-state index contributed by atoms with van der Waals surface area (Å²) in [4.78, 5) is 0. The first-order valence-corrected chi connectivity index (χ1v) is 27.7. The van der Waals surface area contributed by atoms with Crippen LogP contribution < -0.4 is 0 Å². The SMILES string of the molecule is CC(C)(C)c1ccc(C2(c3ccc(C(C)(C)C)cc3)c3cc(-c4ccccc4)ccc3-c3ccc4c(c32)C(c2ccc(C(C)(C)C)cc2)(c2ccc(C(C)(C)C)cc2)c2cc(-c3ccccc3)c3ccccc3c2-4)cc1. The number of benzene rings is 10. The Hall–Kier alpha value is -7.54. The Morgan fingerprint density at radius 3 is 1.04 bits per heavy atom. The Morgan fingerprint density at radius 2 is 0.605 bits per heavy atom. The summed E-state index contributed by atoms with van der Waals surface area (Å²) in [6.07, 6.45) is 0. The Bertz CT molecular complexity index is 3710. The van der Waals surface area contributed by atoms with E-state index in [0.29, 0.717) is 0 Å². The van der Waals surface area contributed by atoms with Crippen molar-refractivity contribution in [3.05, 3.63) is 285 Å². The molecule has 2 aliphatic carbocycles. The van der Waals surface area contributed by atoms with Gasteiger partial charge in [0.2, 0.25) is 0 Å². The largest absolute Gasteiger partial charge is 0.0717 e. The zero-order valence-electron chi connectivity index (χ0n) is 46.8. The molecule has 0 spiro atoms. The van der Waals surface area contributed by atoms with Crippen molar-refractivity contribution in [1.29, 1.82) is 0 Å². The molecule has 0 N–H and O–H groups in total. The van der Waals surface area contributed by atoms with Crippen LogP contribution in [0.25, 0.3) is 55.3 Å². The average molecular weight is 985 g/mol. The average Bonchev–Trinajstić information content (AvgIpc) is 4.04. The maximum Gasteiger partial charge on any atom is 0.0717 e. The summed E-state index contributed by atoms with van der Waals surface area (Å²) in [6.45, 7) is 28.0. The van der Waals surface area contributed by atoms with Gasteiger partial charge in [-0.2, -0.15) is 0 Å². The zero-order valence-corrected chi connectivity index (χ0v) is 46.8. The minimum Gasteiger partial charge on any atom is -0.0622 e. The molecule has 0 amide bonds. The zero-order chi connectivity index (χ0) is 53.2. The second kappa shape index (κ2) is 17.5. The van der Waals surface area contributed by atoms with E-state index in [1.54, 1.807) is 0 Å².